The number of ether oxygens (including phenoxy) is 3. The van der Waals surface area contributed by atoms with Gasteiger partial charge in [-0.3, -0.25) is 9.59 Å². The van der Waals surface area contributed by atoms with Gasteiger partial charge in [0.05, 0.1) is 13.2 Å². The van der Waals surface area contributed by atoms with Crippen LogP contribution in [0.2, 0.25) is 0 Å². The van der Waals surface area contributed by atoms with E-state index in [1.807, 2.05) is 18.2 Å². The number of hydrogen-bond acceptors (Lipinski definition) is 5. The zero-order valence-electron chi connectivity index (χ0n) is 16.8. The summed E-state index contributed by atoms with van der Waals surface area (Å²) in [6, 6.07) is 21.1. The summed E-state index contributed by atoms with van der Waals surface area (Å²) in [5, 5.41) is 5.60. The number of amides is 2. The molecular weight excluding hydrogens is 396 g/mol. The first-order chi connectivity index (χ1) is 15.2. The molecular formula is C24H22N2O5. The Hall–Kier alpha value is -4.00. The zero-order valence-corrected chi connectivity index (χ0v) is 16.8. The Morgan fingerprint density at radius 2 is 1.52 bits per heavy atom. The van der Waals surface area contributed by atoms with Crippen LogP contribution < -0.4 is 24.8 Å². The molecule has 0 unspecified atom stereocenters. The summed E-state index contributed by atoms with van der Waals surface area (Å²) in [4.78, 5) is 24.4. The minimum absolute atomic E-state index is 0.149. The Morgan fingerprint density at radius 3 is 2.29 bits per heavy atom. The van der Waals surface area contributed by atoms with E-state index in [1.165, 1.54) is 0 Å². The average Bonchev–Trinajstić information content (AvgIpc) is 3.04. The highest BCUT2D eigenvalue weighted by Gasteiger charge is 2.12. The van der Waals surface area contributed by atoms with Gasteiger partial charge in [0.25, 0.3) is 11.8 Å². The molecule has 0 saturated carbocycles. The highest BCUT2D eigenvalue weighted by Crippen LogP contribution is 2.32. The first-order valence-corrected chi connectivity index (χ1v) is 9.96. The smallest absolute Gasteiger partial charge is 0.262 e. The molecule has 1 heterocycles. The van der Waals surface area contributed by atoms with Crippen LogP contribution >= 0.6 is 0 Å². The van der Waals surface area contributed by atoms with Gasteiger partial charge in [0.1, 0.15) is 5.75 Å². The predicted octanol–water partition coefficient (Wildman–Crippen LogP) is 4.12. The van der Waals surface area contributed by atoms with Gasteiger partial charge in [0.2, 0.25) is 0 Å². The average molecular weight is 418 g/mol. The van der Waals surface area contributed by atoms with Gasteiger partial charge in [-0.05, 0) is 48.5 Å². The molecule has 0 spiro atoms. The number of anilines is 2. The fourth-order valence-corrected chi connectivity index (χ4v) is 3.01. The molecule has 2 amide bonds. The number of hydrogen-bond donors (Lipinski definition) is 2. The summed E-state index contributed by atoms with van der Waals surface area (Å²) in [6.07, 6.45) is 0.818. The van der Waals surface area contributed by atoms with E-state index in [1.54, 1.807) is 54.6 Å². The lowest BCUT2D eigenvalue weighted by molar-refractivity contribution is -0.118. The lowest BCUT2D eigenvalue weighted by atomic mass is 10.2. The van der Waals surface area contributed by atoms with E-state index in [0.29, 0.717) is 47.4 Å². The van der Waals surface area contributed by atoms with E-state index in [-0.39, 0.29) is 18.4 Å². The van der Waals surface area contributed by atoms with Crippen LogP contribution in [-0.4, -0.2) is 31.6 Å². The number of benzene rings is 3. The third kappa shape index (κ3) is 5.54. The molecule has 31 heavy (non-hydrogen) atoms. The Bertz CT molecular complexity index is 1050. The van der Waals surface area contributed by atoms with Crippen LogP contribution in [0.5, 0.6) is 17.2 Å². The minimum Gasteiger partial charge on any atom is -0.490 e. The van der Waals surface area contributed by atoms with Gasteiger partial charge in [-0.15, -0.1) is 0 Å². The van der Waals surface area contributed by atoms with Crippen LogP contribution in [0.15, 0.2) is 72.8 Å². The van der Waals surface area contributed by atoms with Crippen LogP contribution in [0.1, 0.15) is 16.8 Å². The number of nitrogens with one attached hydrogen (secondary N) is 2. The van der Waals surface area contributed by atoms with Gasteiger partial charge in [0, 0.05) is 29.4 Å². The van der Waals surface area contributed by atoms with Crippen molar-refractivity contribution in [1.29, 1.82) is 0 Å². The van der Waals surface area contributed by atoms with Crippen molar-refractivity contribution < 1.29 is 23.8 Å². The Balaban J connectivity index is 1.28. The van der Waals surface area contributed by atoms with Crippen LogP contribution in [0.3, 0.4) is 0 Å². The Kier molecular flexibility index (Phi) is 6.32. The second kappa shape index (κ2) is 9.67. The summed E-state index contributed by atoms with van der Waals surface area (Å²) in [5.74, 6) is 1.32. The maximum atomic E-state index is 12.2. The van der Waals surface area contributed by atoms with Crippen LogP contribution in [0, 0.1) is 0 Å². The SMILES string of the molecule is O=C(COc1ccc(NC(=O)c2ccccc2)cc1)Nc1ccc2c(c1)OCCCO2. The largest absolute Gasteiger partial charge is 0.490 e. The molecule has 0 radical (unpaired) electrons. The highest BCUT2D eigenvalue weighted by molar-refractivity contribution is 6.04. The maximum absolute atomic E-state index is 12.2. The molecule has 7 heteroatoms. The summed E-state index contributed by atoms with van der Waals surface area (Å²) in [7, 11) is 0. The number of carbonyl (C=O) groups is 2. The van der Waals surface area contributed by atoms with Gasteiger partial charge in [-0.1, -0.05) is 18.2 Å². The molecule has 0 bridgehead atoms. The molecule has 7 nitrogen and oxygen atoms in total. The summed E-state index contributed by atoms with van der Waals surface area (Å²) < 4.78 is 16.7. The van der Waals surface area contributed by atoms with Crippen molar-refractivity contribution in [3.05, 3.63) is 78.4 Å². The van der Waals surface area contributed by atoms with Crippen LogP contribution in [0.4, 0.5) is 11.4 Å². The summed E-state index contributed by atoms with van der Waals surface area (Å²) in [5.41, 5.74) is 1.82. The molecule has 4 rings (SSSR count). The molecule has 2 N–H and O–H groups in total. The molecule has 0 aromatic heterocycles. The van der Waals surface area contributed by atoms with Gasteiger partial charge in [-0.2, -0.15) is 0 Å². The van der Waals surface area contributed by atoms with Crippen molar-refractivity contribution >= 4 is 23.2 Å². The number of fused-ring (bicyclic) bond motifs is 1. The van der Waals surface area contributed by atoms with Gasteiger partial charge >= 0.3 is 0 Å². The molecule has 3 aromatic carbocycles. The first kappa shape index (κ1) is 20.3. The van der Waals surface area contributed by atoms with Gasteiger partial charge in [-0.25, -0.2) is 0 Å². The molecule has 158 valence electrons. The zero-order chi connectivity index (χ0) is 21.5. The standard InChI is InChI=1S/C24H22N2O5/c27-23(25-19-9-12-21-22(15-19)30-14-4-13-29-21)16-31-20-10-7-18(8-11-20)26-24(28)17-5-2-1-3-6-17/h1-3,5-12,15H,4,13-14,16H2,(H,25,27)(H,26,28). The third-order valence-electron chi connectivity index (χ3n) is 4.55. The van der Waals surface area contributed by atoms with Crippen molar-refractivity contribution in [2.45, 2.75) is 6.42 Å². The molecule has 0 saturated heterocycles. The highest BCUT2D eigenvalue weighted by atomic mass is 16.5. The van der Waals surface area contributed by atoms with Crippen molar-refractivity contribution in [3.8, 4) is 17.2 Å². The quantitative estimate of drug-likeness (QED) is 0.629. The predicted molar refractivity (Wildman–Crippen MR) is 117 cm³/mol. The Morgan fingerprint density at radius 1 is 0.806 bits per heavy atom. The van der Waals surface area contributed by atoms with E-state index in [0.717, 1.165) is 6.42 Å². The topological polar surface area (TPSA) is 85.9 Å². The number of rotatable bonds is 6. The second-order valence-corrected chi connectivity index (χ2v) is 6.89. The first-order valence-electron chi connectivity index (χ1n) is 9.96. The summed E-state index contributed by atoms with van der Waals surface area (Å²) in [6.45, 7) is 1.04. The molecule has 3 aromatic rings. The van der Waals surface area contributed by atoms with E-state index in [4.69, 9.17) is 14.2 Å². The maximum Gasteiger partial charge on any atom is 0.262 e. The van der Waals surface area contributed by atoms with E-state index in [2.05, 4.69) is 10.6 Å². The minimum atomic E-state index is -0.295. The van der Waals surface area contributed by atoms with Crippen molar-refractivity contribution in [2.24, 2.45) is 0 Å². The van der Waals surface area contributed by atoms with E-state index < -0.39 is 0 Å². The molecule has 1 aliphatic heterocycles. The van der Waals surface area contributed by atoms with Gasteiger partial charge < -0.3 is 24.8 Å². The monoisotopic (exact) mass is 418 g/mol. The second-order valence-electron chi connectivity index (χ2n) is 6.89. The summed E-state index contributed by atoms with van der Waals surface area (Å²) >= 11 is 0. The molecule has 0 aliphatic carbocycles. The lowest BCUT2D eigenvalue weighted by Gasteiger charge is -2.11. The van der Waals surface area contributed by atoms with Crippen LogP contribution in [0.25, 0.3) is 0 Å². The normalized spacial score (nSPS) is 12.4. The van der Waals surface area contributed by atoms with E-state index >= 15 is 0 Å². The van der Waals surface area contributed by atoms with Crippen molar-refractivity contribution in [2.75, 3.05) is 30.5 Å². The van der Waals surface area contributed by atoms with Gasteiger partial charge in [0.15, 0.2) is 18.1 Å². The molecule has 1 aliphatic rings. The number of carbonyl (C=O) groups excluding carboxylic acids is 2. The third-order valence-corrected chi connectivity index (χ3v) is 4.55. The lowest BCUT2D eigenvalue weighted by Crippen LogP contribution is -2.20. The van der Waals surface area contributed by atoms with E-state index in [9.17, 15) is 9.59 Å². The molecule has 0 fully saturated rings. The Labute approximate surface area is 179 Å². The fraction of sp³-hybridized carbons (Fsp3) is 0.167. The van der Waals surface area contributed by atoms with Crippen molar-refractivity contribution in [3.63, 3.8) is 0 Å². The van der Waals surface area contributed by atoms with Crippen LogP contribution in [-0.2, 0) is 4.79 Å². The molecule has 0 atom stereocenters. The fourth-order valence-electron chi connectivity index (χ4n) is 3.01. The van der Waals surface area contributed by atoms with Crippen molar-refractivity contribution in [1.82, 2.24) is 0 Å².